The van der Waals surface area contributed by atoms with Gasteiger partial charge >= 0.3 is 17.9 Å². The van der Waals surface area contributed by atoms with Crippen LogP contribution in [0.1, 0.15) is 13.3 Å². The van der Waals surface area contributed by atoms with Crippen LogP contribution in [-0.4, -0.2) is 77.3 Å². The molecule has 0 aliphatic rings. The fourth-order valence-electron chi connectivity index (χ4n) is 0.707. The van der Waals surface area contributed by atoms with Gasteiger partial charge in [-0.2, -0.15) is 0 Å². The number of carboxylic acids is 3. The largest absolute Gasteiger partial charge is 0.480 e. The lowest BCUT2D eigenvalue weighted by Gasteiger charge is -2.12. The highest BCUT2D eigenvalue weighted by Crippen LogP contribution is 1.96. The van der Waals surface area contributed by atoms with Crippen molar-refractivity contribution in [1.29, 1.82) is 0 Å². The highest BCUT2D eigenvalue weighted by molar-refractivity contribution is 5.83. The molecule has 3 unspecified atom stereocenters. The van der Waals surface area contributed by atoms with Crippen LogP contribution in [0.2, 0.25) is 0 Å². The minimum atomic E-state index is -2.27. The van der Waals surface area contributed by atoms with Gasteiger partial charge in [0.2, 0.25) is 0 Å². The highest BCUT2D eigenvalue weighted by atomic mass is 16.8. The SMILES string of the molecule is CCC(C(=O)O)N(O)O.O=C(O)C(O)C(O)C(=O)O. The van der Waals surface area contributed by atoms with Crippen molar-refractivity contribution in [2.45, 2.75) is 31.6 Å². The molecule has 0 aromatic rings. The molecule has 19 heavy (non-hydrogen) atoms. The normalized spacial score (nSPS) is 14.8. The molecule has 11 heteroatoms. The molecule has 0 aromatic carbocycles. The number of carboxylic acid groups (broad SMARTS) is 3. The van der Waals surface area contributed by atoms with E-state index < -0.39 is 36.2 Å². The van der Waals surface area contributed by atoms with Crippen LogP contribution in [0.4, 0.5) is 0 Å². The lowest BCUT2D eigenvalue weighted by atomic mass is 10.2. The third-order valence-corrected chi connectivity index (χ3v) is 1.76. The Labute approximate surface area is 106 Å². The lowest BCUT2D eigenvalue weighted by molar-refractivity contribution is -0.327. The van der Waals surface area contributed by atoms with Gasteiger partial charge in [-0.3, -0.25) is 15.2 Å². The molecular formula is C8H15NO10. The minimum Gasteiger partial charge on any atom is -0.480 e. The van der Waals surface area contributed by atoms with Gasteiger partial charge in [0.05, 0.1) is 0 Å². The van der Waals surface area contributed by atoms with E-state index >= 15 is 0 Å². The van der Waals surface area contributed by atoms with Crippen molar-refractivity contribution >= 4 is 17.9 Å². The van der Waals surface area contributed by atoms with E-state index in [2.05, 4.69) is 0 Å². The Bertz CT molecular complexity index is 299. The Morgan fingerprint density at radius 1 is 0.895 bits per heavy atom. The smallest absolute Gasteiger partial charge is 0.335 e. The second kappa shape index (κ2) is 9.18. The summed E-state index contributed by atoms with van der Waals surface area (Å²) in [5.74, 6) is -4.78. The fraction of sp³-hybridized carbons (Fsp3) is 0.625. The standard InChI is InChI=1S/C4H9NO4.C4H6O6/c1-2-3(4(6)7)5(8)9;5-1(3(7)8)2(6)4(9)10/h3,8-9H,2H2,1H3,(H,6,7);1-2,5-6H,(H,7,8)(H,9,10). The molecule has 7 N–H and O–H groups in total. The molecule has 11 nitrogen and oxygen atoms in total. The highest BCUT2D eigenvalue weighted by Gasteiger charge is 2.29. The van der Waals surface area contributed by atoms with E-state index in [-0.39, 0.29) is 11.6 Å². The first kappa shape index (κ1) is 19.5. The van der Waals surface area contributed by atoms with Crippen molar-refractivity contribution < 1.29 is 50.3 Å². The summed E-state index contributed by atoms with van der Waals surface area (Å²) in [5.41, 5.74) is 0. The molecule has 0 radical (unpaired) electrons. The Morgan fingerprint density at radius 3 is 1.26 bits per heavy atom. The molecule has 0 spiro atoms. The minimum absolute atomic E-state index is 0.155. The topological polar surface area (TPSA) is 196 Å². The molecule has 0 rings (SSSR count). The Morgan fingerprint density at radius 2 is 1.21 bits per heavy atom. The number of carbonyl (C=O) groups is 3. The predicted octanol–water partition coefficient (Wildman–Crippen LogP) is -2.19. The van der Waals surface area contributed by atoms with Crippen LogP contribution in [0.15, 0.2) is 0 Å². The van der Waals surface area contributed by atoms with Crippen LogP contribution in [0.5, 0.6) is 0 Å². The maximum atomic E-state index is 10.0. The van der Waals surface area contributed by atoms with E-state index in [1.807, 2.05) is 0 Å². The van der Waals surface area contributed by atoms with Crippen molar-refractivity contribution in [3.63, 3.8) is 0 Å². The number of hydrogen-bond donors (Lipinski definition) is 7. The zero-order valence-electron chi connectivity index (χ0n) is 9.74. The average Bonchev–Trinajstić information content (AvgIpc) is 2.27. The lowest BCUT2D eigenvalue weighted by Crippen LogP contribution is -2.39. The van der Waals surface area contributed by atoms with Gasteiger partial charge in [0, 0.05) is 0 Å². The summed E-state index contributed by atoms with van der Waals surface area (Å²) in [5, 5.41) is 56.8. The summed E-state index contributed by atoms with van der Waals surface area (Å²) in [4.78, 5) is 29.6. The third-order valence-electron chi connectivity index (χ3n) is 1.76. The van der Waals surface area contributed by atoms with Gasteiger partial charge in [0.1, 0.15) is 0 Å². The number of hydroxylamine groups is 2. The van der Waals surface area contributed by atoms with Gasteiger partial charge in [-0.15, -0.1) is 0 Å². The van der Waals surface area contributed by atoms with Crippen molar-refractivity contribution in [3.8, 4) is 0 Å². The average molecular weight is 285 g/mol. The summed E-state index contributed by atoms with van der Waals surface area (Å²) < 4.78 is 0. The number of rotatable bonds is 6. The van der Waals surface area contributed by atoms with Gasteiger partial charge < -0.3 is 25.5 Å². The van der Waals surface area contributed by atoms with Crippen LogP contribution < -0.4 is 0 Å². The summed E-state index contributed by atoms with van der Waals surface area (Å²) >= 11 is 0. The molecule has 0 heterocycles. The van der Waals surface area contributed by atoms with Gasteiger partial charge in [0.25, 0.3) is 0 Å². The number of aliphatic hydroxyl groups is 2. The Kier molecular flexibility index (Phi) is 9.45. The summed E-state index contributed by atoms with van der Waals surface area (Å²) in [6, 6.07) is -1.22. The van der Waals surface area contributed by atoms with Gasteiger partial charge in [-0.05, 0) is 6.42 Å². The Balaban J connectivity index is 0. The monoisotopic (exact) mass is 285 g/mol. The van der Waals surface area contributed by atoms with E-state index in [0.717, 1.165) is 0 Å². The van der Waals surface area contributed by atoms with E-state index in [0.29, 0.717) is 0 Å². The number of nitrogens with zero attached hydrogens (tertiary/aromatic N) is 1. The molecule has 112 valence electrons. The van der Waals surface area contributed by atoms with E-state index in [1.54, 1.807) is 0 Å². The predicted molar refractivity (Wildman–Crippen MR) is 54.4 cm³/mol. The van der Waals surface area contributed by atoms with Crippen molar-refractivity contribution in [1.82, 2.24) is 5.23 Å². The summed E-state index contributed by atoms with van der Waals surface area (Å²) in [6.07, 6.45) is -4.38. The summed E-state index contributed by atoms with van der Waals surface area (Å²) in [7, 11) is 0. The molecule has 0 bridgehead atoms. The molecule has 0 saturated heterocycles. The molecule has 0 aromatic heterocycles. The molecule has 0 amide bonds. The number of aliphatic hydroxyl groups excluding tert-OH is 2. The molecular weight excluding hydrogens is 270 g/mol. The van der Waals surface area contributed by atoms with E-state index in [4.69, 9.17) is 35.9 Å². The zero-order chi connectivity index (χ0) is 15.7. The van der Waals surface area contributed by atoms with E-state index in [9.17, 15) is 14.4 Å². The Hall–Kier alpha value is -1.79. The zero-order valence-corrected chi connectivity index (χ0v) is 9.74. The van der Waals surface area contributed by atoms with Gasteiger partial charge in [-0.1, -0.05) is 12.2 Å². The number of aliphatic carboxylic acids is 3. The van der Waals surface area contributed by atoms with Crippen LogP contribution in [0.25, 0.3) is 0 Å². The van der Waals surface area contributed by atoms with Gasteiger partial charge in [-0.25, -0.2) is 9.59 Å². The second-order valence-corrected chi connectivity index (χ2v) is 3.15. The first-order chi connectivity index (χ1) is 8.56. The molecule has 0 aliphatic carbocycles. The van der Waals surface area contributed by atoms with Crippen molar-refractivity contribution in [3.05, 3.63) is 0 Å². The molecule has 0 fully saturated rings. The van der Waals surface area contributed by atoms with E-state index in [1.165, 1.54) is 6.92 Å². The maximum absolute atomic E-state index is 10.0. The van der Waals surface area contributed by atoms with Crippen LogP contribution in [0.3, 0.4) is 0 Å². The van der Waals surface area contributed by atoms with Crippen molar-refractivity contribution in [2.24, 2.45) is 0 Å². The second-order valence-electron chi connectivity index (χ2n) is 3.15. The summed E-state index contributed by atoms with van der Waals surface area (Å²) in [6.45, 7) is 1.54. The van der Waals surface area contributed by atoms with Crippen molar-refractivity contribution in [2.75, 3.05) is 0 Å². The first-order valence-corrected chi connectivity index (χ1v) is 4.77. The van der Waals surface area contributed by atoms with Gasteiger partial charge in [0.15, 0.2) is 18.2 Å². The molecule has 0 saturated carbocycles. The van der Waals surface area contributed by atoms with Crippen LogP contribution in [0, 0.1) is 0 Å². The molecule has 0 aliphatic heterocycles. The maximum Gasteiger partial charge on any atom is 0.335 e. The van der Waals surface area contributed by atoms with Crippen LogP contribution in [-0.2, 0) is 14.4 Å². The fourth-order valence-corrected chi connectivity index (χ4v) is 0.707. The quantitative estimate of drug-likeness (QED) is 0.261. The number of hydrogen-bond acceptors (Lipinski definition) is 8. The molecule has 3 atom stereocenters. The van der Waals surface area contributed by atoms with Crippen LogP contribution >= 0.6 is 0 Å². The third kappa shape index (κ3) is 8.01. The first-order valence-electron chi connectivity index (χ1n) is 4.77.